The van der Waals surface area contributed by atoms with Gasteiger partial charge in [-0.25, -0.2) is 5.32 Å². The first-order chi connectivity index (χ1) is 7.75. The summed E-state index contributed by atoms with van der Waals surface area (Å²) in [5.41, 5.74) is 1.17. The molecule has 1 fully saturated rings. The maximum Gasteiger partial charge on any atom is 0.0485 e. The van der Waals surface area contributed by atoms with Crippen LogP contribution in [0.2, 0.25) is 0 Å². The summed E-state index contributed by atoms with van der Waals surface area (Å²) < 4.78 is 2.21. The summed E-state index contributed by atoms with van der Waals surface area (Å²) in [5.74, 6) is 0.771. The van der Waals surface area contributed by atoms with Crippen LogP contribution in [0.5, 0.6) is 0 Å². The molecular formula is C12H15Br2N2. The van der Waals surface area contributed by atoms with Crippen LogP contribution in [-0.2, 0) is 0 Å². The molecule has 0 saturated carbocycles. The summed E-state index contributed by atoms with van der Waals surface area (Å²) in [7, 11) is 0. The number of nitrogens with one attached hydrogen (secondary N) is 1. The summed E-state index contributed by atoms with van der Waals surface area (Å²) >= 11 is 7.01. The summed E-state index contributed by atoms with van der Waals surface area (Å²) in [6, 6.07) is 6.23. The normalized spacial score (nSPS) is 17.4. The molecule has 1 heterocycles. The highest BCUT2D eigenvalue weighted by Crippen LogP contribution is 2.26. The highest BCUT2D eigenvalue weighted by molar-refractivity contribution is 9.11. The largest absolute Gasteiger partial charge is 0.384 e. The van der Waals surface area contributed by atoms with Crippen LogP contribution in [0.4, 0.5) is 5.69 Å². The van der Waals surface area contributed by atoms with E-state index in [-0.39, 0.29) is 0 Å². The highest BCUT2D eigenvalue weighted by Gasteiger charge is 2.13. The third-order valence-electron chi connectivity index (χ3n) is 2.90. The summed E-state index contributed by atoms with van der Waals surface area (Å²) in [5, 5.41) is 7.87. The van der Waals surface area contributed by atoms with Crippen LogP contribution < -0.4 is 10.6 Å². The summed E-state index contributed by atoms with van der Waals surface area (Å²) in [4.78, 5) is 0. The maximum atomic E-state index is 4.37. The quantitative estimate of drug-likeness (QED) is 0.888. The number of hydrogen-bond acceptors (Lipinski definition) is 1. The molecule has 0 bridgehead atoms. The van der Waals surface area contributed by atoms with Crippen molar-refractivity contribution in [3.05, 3.63) is 27.1 Å². The number of piperidine rings is 1. The molecule has 1 N–H and O–H groups in total. The lowest BCUT2D eigenvalue weighted by molar-refractivity contribution is 0.385. The van der Waals surface area contributed by atoms with E-state index >= 15 is 0 Å². The number of anilines is 1. The lowest BCUT2D eigenvalue weighted by Gasteiger charge is -2.22. The third kappa shape index (κ3) is 3.47. The molecule has 0 aliphatic carbocycles. The fourth-order valence-electron chi connectivity index (χ4n) is 1.90. The predicted octanol–water partition coefficient (Wildman–Crippen LogP) is 3.64. The van der Waals surface area contributed by atoms with Gasteiger partial charge in [0.2, 0.25) is 0 Å². The molecule has 0 atom stereocenters. The smallest absolute Gasteiger partial charge is 0.0485 e. The van der Waals surface area contributed by atoms with Gasteiger partial charge in [0.05, 0.1) is 0 Å². The second-order valence-electron chi connectivity index (χ2n) is 4.12. The number of hydrogen-bond donors (Lipinski definition) is 1. The van der Waals surface area contributed by atoms with Crippen LogP contribution in [-0.4, -0.2) is 19.6 Å². The SMILES string of the molecule is Brc1ccc(NCC2CC[N]CC2)c(Br)c1. The van der Waals surface area contributed by atoms with Crippen LogP contribution in [0.15, 0.2) is 27.1 Å². The van der Waals surface area contributed by atoms with Gasteiger partial charge >= 0.3 is 0 Å². The van der Waals surface area contributed by atoms with E-state index in [4.69, 9.17) is 0 Å². The molecule has 1 aromatic rings. The summed E-state index contributed by atoms with van der Waals surface area (Å²) in [6.07, 6.45) is 2.45. The molecule has 2 nitrogen and oxygen atoms in total. The van der Waals surface area contributed by atoms with Crippen molar-refractivity contribution in [1.29, 1.82) is 0 Å². The van der Waals surface area contributed by atoms with Crippen molar-refractivity contribution in [2.75, 3.05) is 25.0 Å². The fraction of sp³-hybridized carbons (Fsp3) is 0.500. The van der Waals surface area contributed by atoms with Crippen molar-refractivity contribution in [3.63, 3.8) is 0 Å². The molecule has 2 rings (SSSR count). The van der Waals surface area contributed by atoms with Gasteiger partial charge in [-0.05, 0) is 52.9 Å². The van der Waals surface area contributed by atoms with Gasteiger partial charge in [-0.15, -0.1) is 0 Å². The molecule has 4 heteroatoms. The lowest BCUT2D eigenvalue weighted by Crippen LogP contribution is -2.27. The first kappa shape index (κ1) is 12.4. The minimum absolute atomic E-state index is 0.771. The van der Waals surface area contributed by atoms with Gasteiger partial charge in [-0.1, -0.05) is 15.9 Å². The first-order valence-electron chi connectivity index (χ1n) is 5.58. The van der Waals surface area contributed by atoms with Crippen LogP contribution in [0.1, 0.15) is 12.8 Å². The van der Waals surface area contributed by atoms with Gasteiger partial charge in [0, 0.05) is 34.3 Å². The Bertz CT molecular complexity index is 349. The van der Waals surface area contributed by atoms with Crippen LogP contribution in [0.25, 0.3) is 0 Å². The average molecular weight is 347 g/mol. The Balaban J connectivity index is 1.88. The topological polar surface area (TPSA) is 26.1 Å². The molecule has 0 unspecified atom stereocenters. The Morgan fingerprint density at radius 3 is 2.69 bits per heavy atom. The summed E-state index contributed by atoms with van der Waals surface area (Å²) in [6.45, 7) is 3.12. The molecule has 1 saturated heterocycles. The van der Waals surface area contributed by atoms with E-state index in [9.17, 15) is 0 Å². The molecule has 1 radical (unpaired) electrons. The molecule has 1 aliphatic rings. The van der Waals surface area contributed by atoms with Gasteiger partial charge in [-0.2, -0.15) is 0 Å². The second kappa shape index (κ2) is 6.03. The predicted molar refractivity (Wildman–Crippen MR) is 74.9 cm³/mol. The molecule has 16 heavy (non-hydrogen) atoms. The van der Waals surface area contributed by atoms with E-state index in [0.717, 1.165) is 34.5 Å². The standard InChI is InChI=1S/C12H15Br2N2/c13-10-1-2-12(11(14)7-10)16-8-9-3-5-15-6-4-9/h1-2,7,9,16H,3-6,8H2. The van der Waals surface area contributed by atoms with Gasteiger partial charge in [0.1, 0.15) is 0 Å². The second-order valence-corrected chi connectivity index (χ2v) is 5.89. The van der Waals surface area contributed by atoms with Crippen molar-refractivity contribution >= 4 is 37.5 Å². The number of rotatable bonds is 3. The van der Waals surface area contributed by atoms with Crippen molar-refractivity contribution in [2.24, 2.45) is 5.92 Å². The third-order valence-corrected chi connectivity index (χ3v) is 4.05. The van der Waals surface area contributed by atoms with E-state index in [1.807, 2.05) is 0 Å². The maximum absolute atomic E-state index is 4.37. The Kier molecular flexibility index (Phi) is 4.67. The Hall–Kier alpha value is -0.0600. The molecule has 0 aromatic heterocycles. The molecule has 1 aromatic carbocycles. The van der Waals surface area contributed by atoms with Crippen LogP contribution in [0.3, 0.4) is 0 Å². The molecule has 1 aliphatic heterocycles. The molecule has 0 spiro atoms. The zero-order valence-electron chi connectivity index (χ0n) is 9.05. The van der Waals surface area contributed by atoms with Crippen molar-refractivity contribution in [2.45, 2.75) is 12.8 Å². The fourth-order valence-corrected chi connectivity index (χ4v) is 3.08. The minimum atomic E-state index is 0.771. The van der Waals surface area contributed by atoms with Crippen molar-refractivity contribution in [1.82, 2.24) is 5.32 Å². The Morgan fingerprint density at radius 2 is 2.00 bits per heavy atom. The van der Waals surface area contributed by atoms with Gasteiger partial charge < -0.3 is 5.32 Å². The average Bonchev–Trinajstić information content (AvgIpc) is 2.29. The van der Waals surface area contributed by atoms with E-state index in [1.165, 1.54) is 18.5 Å². The molecular weight excluding hydrogens is 332 g/mol. The Labute approximate surface area is 113 Å². The zero-order chi connectivity index (χ0) is 11.4. The van der Waals surface area contributed by atoms with E-state index in [1.54, 1.807) is 0 Å². The first-order valence-corrected chi connectivity index (χ1v) is 7.16. The molecule has 87 valence electrons. The zero-order valence-corrected chi connectivity index (χ0v) is 12.2. The van der Waals surface area contributed by atoms with Crippen LogP contribution in [0, 0.1) is 5.92 Å². The van der Waals surface area contributed by atoms with Gasteiger partial charge in [0.25, 0.3) is 0 Å². The van der Waals surface area contributed by atoms with E-state index in [0.29, 0.717) is 0 Å². The van der Waals surface area contributed by atoms with Crippen molar-refractivity contribution in [3.8, 4) is 0 Å². The van der Waals surface area contributed by atoms with Gasteiger partial charge in [-0.3, -0.25) is 0 Å². The lowest BCUT2D eigenvalue weighted by atomic mass is 9.98. The highest BCUT2D eigenvalue weighted by atomic mass is 79.9. The van der Waals surface area contributed by atoms with E-state index < -0.39 is 0 Å². The van der Waals surface area contributed by atoms with Gasteiger partial charge in [0.15, 0.2) is 0 Å². The minimum Gasteiger partial charge on any atom is -0.384 e. The number of nitrogens with zero attached hydrogens (tertiary/aromatic N) is 1. The number of halogens is 2. The monoisotopic (exact) mass is 345 g/mol. The van der Waals surface area contributed by atoms with Crippen LogP contribution >= 0.6 is 31.9 Å². The number of benzene rings is 1. The Morgan fingerprint density at radius 1 is 1.25 bits per heavy atom. The molecule has 0 amide bonds. The van der Waals surface area contributed by atoms with E-state index in [2.05, 4.69) is 60.7 Å². The van der Waals surface area contributed by atoms with Crippen molar-refractivity contribution < 1.29 is 0 Å².